The number of carboxylic acid groups (broad SMARTS) is 1. The van der Waals surface area contributed by atoms with Crippen LogP contribution in [0.5, 0.6) is 0 Å². The van der Waals surface area contributed by atoms with E-state index in [-0.39, 0.29) is 0 Å². The highest BCUT2D eigenvalue weighted by Gasteiger charge is 2.43. The molecule has 1 heterocycles. The summed E-state index contributed by atoms with van der Waals surface area (Å²) in [5.41, 5.74) is 0.0637. The first-order chi connectivity index (χ1) is 6.26. The van der Waals surface area contributed by atoms with Gasteiger partial charge < -0.3 is 10.1 Å². The van der Waals surface area contributed by atoms with Crippen LogP contribution in [0.3, 0.4) is 0 Å². The molecule has 4 nitrogen and oxygen atoms in total. The van der Waals surface area contributed by atoms with Gasteiger partial charge in [-0.15, -0.1) is 0 Å². The van der Waals surface area contributed by atoms with Crippen molar-refractivity contribution in [2.75, 3.05) is 0 Å². The molecule has 0 bridgehead atoms. The molecule has 4 heteroatoms. The summed E-state index contributed by atoms with van der Waals surface area (Å²) < 4.78 is 0. The Kier molecular flexibility index (Phi) is 1.83. The molecule has 0 aromatic carbocycles. The molecule has 13 heavy (non-hydrogen) atoms. The highest BCUT2D eigenvalue weighted by molar-refractivity contribution is 5.81. The zero-order valence-electron chi connectivity index (χ0n) is 7.29. The number of carbonyl (C=O) groups is 1. The van der Waals surface area contributed by atoms with Crippen LogP contribution in [0.15, 0.2) is 12.5 Å². The molecule has 0 amide bonds. The summed E-state index contributed by atoms with van der Waals surface area (Å²) in [4.78, 5) is 18.0. The Balaban J connectivity index is 2.39. The molecule has 0 atom stereocenters. The van der Waals surface area contributed by atoms with Crippen molar-refractivity contribution < 1.29 is 9.90 Å². The summed E-state index contributed by atoms with van der Waals surface area (Å²) in [7, 11) is 0. The Bertz CT molecular complexity index is 299. The lowest BCUT2D eigenvalue weighted by molar-refractivity contribution is -0.143. The monoisotopic (exact) mass is 180 g/mol. The van der Waals surface area contributed by atoms with Gasteiger partial charge in [-0.05, 0) is 12.8 Å². The molecule has 1 saturated carbocycles. The van der Waals surface area contributed by atoms with Crippen molar-refractivity contribution in [3.63, 3.8) is 0 Å². The third-order valence-corrected chi connectivity index (χ3v) is 2.88. The van der Waals surface area contributed by atoms with E-state index in [0.717, 1.165) is 31.4 Å². The average Bonchev–Trinajstić information content (AvgIpc) is 2.75. The van der Waals surface area contributed by atoms with E-state index in [1.807, 2.05) is 0 Å². The van der Waals surface area contributed by atoms with E-state index < -0.39 is 11.4 Å². The summed E-state index contributed by atoms with van der Waals surface area (Å²) in [5, 5.41) is 9.19. The van der Waals surface area contributed by atoms with Gasteiger partial charge >= 0.3 is 5.97 Å². The lowest BCUT2D eigenvalue weighted by atomic mass is 9.83. The van der Waals surface area contributed by atoms with Crippen molar-refractivity contribution >= 4 is 5.97 Å². The summed E-state index contributed by atoms with van der Waals surface area (Å²) in [6, 6.07) is 0. The molecule has 1 aliphatic carbocycles. The average molecular weight is 180 g/mol. The van der Waals surface area contributed by atoms with Crippen molar-refractivity contribution in [2.24, 2.45) is 0 Å². The SMILES string of the molecule is O=C(O)C1(c2cnc[nH]2)CCCC1. The van der Waals surface area contributed by atoms with Crippen LogP contribution < -0.4 is 0 Å². The van der Waals surface area contributed by atoms with E-state index in [2.05, 4.69) is 9.97 Å². The van der Waals surface area contributed by atoms with Crippen LogP contribution in [-0.4, -0.2) is 21.0 Å². The van der Waals surface area contributed by atoms with Crippen LogP contribution in [0.25, 0.3) is 0 Å². The third-order valence-electron chi connectivity index (χ3n) is 2.88. The molecule has 1 aromatic rings. The lowest BCUT2D eigenvalue weighted by Gasteiger charge is -2.21. The fourth-order valence-electron chi connectivity index (χ4n) is 2.09. The molecule has 0 unspecified atom stereocenters. The normalized spacial score (nSPS) is 20.3. The number of aliphatic carboxylic acids is 1. The van der Waals surface area contributed by atoms with Gasteiger partial charge in [-0.2, -0.15) is 0 Å². The molecule has 1 aliphatic rings. The Hall–Kier alpha value is -1.32. The third kappa shape index (κ3) is 1.13. The first-order valence-corrected chi connectivity index (χ1v) is 4.48. The molecular formula is C9H12N2O2. The van der Waals surface area contributed by atoms with Gasteiger partial charge in [-0.25, -0.2) is 4.98 Å². The fourth-order valence-corrected chi connectivity index (χ4v) is 2.09. The second kappa shape index (κ2) is 2.87. The molecule has 0 saturated heterocycles. The molecule has 2 N–H and O–H groups in total. The highest BCUT2D eigenvalue weighted by Crippen LogP contribution is 2.40. The molecule has 70 valence electrons. The molecule has 0 aliphatic heterocycles. The van der Waals surface area contributed by atoms with Gasteiger partial charge in [0.25, 0.3) is 0 Å². The Labute approximate surface area is 76.0 Å². The van der Waals surface area contributed by atoms with Gasteiger partial charge in [-0.3, -0.25) is 4.79 Å². The van der Waals surface area contributed by atoms with Gasteiger partial charge in [0.15, 0.2) is 0 Å². The molecule has 0 spiro atoms. The summed E-state index contributed by atoms with van der Waals surface area (Å²) >= 11 is 0. The number of hydrogen-bond acceptors (Lipinski definition) is 2. The first kappa shape index (κ1) is 8.29. The number of carboxylic acids is 1. The highest BCUT2D eigenvalue weighted by atomic mass is 16.4. The number of nitrogens with zero attached hydrogens (tertiary/aromatic N) is 1. The van der Waals surface area contributed by atoms with Crippen LogP contribution in [0, 0.1) is 0 Å². The van der Waals surface area contributed by atoms with E-state index in [1.165, 1.54) is 0 Å². The largest absolute Gasteiger partial charge is 0.481 e. The molecule has 0 radical (unpaired) electrons. The number of aromatic amines is 1. The molecule has 2 rings (SSSR count). The topological polar surface area (TPSA) is 66.0 Å². The number of nitrogens with one attached hydrogen (secondary N) is 1. The lowest BCUT2D eigenvalue weighted by Crippen LogP contribution is -2.32. The van der Waals surface area contributed by atoms with E-state index in [9.17, 15) is 9.90 Å². The Morgan fingerprint density at radius 2 is 2.23 bits per heavy atom. The number of hydrogen-bond donors (Lipinski definition) is 2. The van der Waals surface area contributed by atoms with Gasteiger partial charge in [0, 0.05) is 6.20 Å². The van der Waals surface area contributed by atoms with Crippen LogP contribution in [0.2, 0.25) is 0 Å². The minimum atomic E-state index is -0.728. The quantitative estimate of drug-likeness (QED) is 0.721. The van der Waals surface area contributed by atoms with Crippen molar-refractivity contribution in [3.05, 3.63) is 18.2 Å². The van der Waals surface area contributed by atoms with E-state index >= 15 is 0 Å². The van der Waals surface area contributed by atoms with Crippen LogP contribution >= 0.6 is 0 Å². The van der Waals surface area contributed by atoms with Gasteiger partial charge in [0.2, 0.25) is 0 Å². The van der Waals surface area contributed by atoms with Gasteiger partial charge in [-0.1, -0.05) is 12.8 Å². The predicted molar refractivity (Wildman–Crippen MR) is 46.4 cm³/mol. The summed E-state index contributed by atoms with van der Waals surface area (Å²) in [5.74, 6) is -0.728. The summed E-state index contributed by atoms with van der Waals surface area (Å²) in [6.07, 6.45) is 6.60. The van der Waals surface area contributed by atoms with E-state index in [4.69, 9.17) is 0 Å². The van der Waals surface area contributed by atoms with Crippen LogP contribution in [0.4, 0.5) is 0 Å². The van der Waals surface area contributed by atoms with Crippen molar-refractivity contribution in [1.82, 2.24) is 9.97 Å². The smallest absolute Gasteiger partial charge is 0.315 e. The number of rotatable bonds is 2. The molecule has 1 fully saturated rings. The minimum absolute atomic E-state index is 0.684. The van der Waals surface area contributed by atoms with Crippen molar-refractivity contribution in [2.45, 2.75) is 31.1 Å². The number of imidazole rings is 1. The number of H-pyrrole nitrogens is 1. The second-order valence-electron chi connectivity index (χ2n) is 3.56. The predicted octanol–water partition coefficient (Wildman–Crippen LogP) is 1.31. The van der Waals surface area contributed by atoms with Crippen molar-refractivity contribution in [3.8, 4) is 0 Å². The van der Waals surface area contributed by atoms with Crippen LogP contribution in [0.1, 0.15) is 31.4 Å². The minimum Gasteiger partial charge on any atom is -0.481 e. The van der Waals surface area contributed by atoms with Gasteiger partial charge in [0.1, 0.15) is 5.41 Å². The maximum Gasteiger partial charge on any atom is 0.315 e. The van der Waals surface area contributed by atoms with E-state index in [1.54, 1.807) is 12.5 Å². The summed E-state index contributed by atoms with van der Waals surface area (Å²) in [6.45, 7) is 0. The molecule has 1 aromatic heterocycles. The zero-order chi connectivity index (χ0) is 9.31. The fraction of sp³-hybridized carbons (Fsp3) is 0.556. The Morgan fingerprint density at radius 1 is 1.54 bits per heavy atom. The Morgan fingerprint density at radius 3 is 2.69 bits per heavy atom. The van der Waals surface area contributed by atoms with Crippen LogP contribution in [-0.2, 0) is 10.2 Å². The van der Waals surface area contributed by atoms with E-state index in [0.29, 0.717) is 0 Å². The number of aromatic nitrogens is 2. The van der Waals surface area contributed by atoms with Crippen molar-refractivity contribution in [1.29, 1.82) is 0 Å². The second-order valence-corrected chi connectivity index (χ2v) is 3.56. The standard InChI is InChI=1S/C9H12N2O2/c12-8(13)9(3-1-2-4-9)7-5-10-6-11-7/h5-6H,1-4H2,(H,10,11)(H,12,13). The maximum absolute atomic E-state index is 11.2. The van der Waals surface area contributed by atoms with Gasteiger partial charge in [0.05, 0.1) is 12.0 Å². The zero-order valence-corrected chi connectivity index (χ0v) is 7.29. The first-order valence-electron chi connectivity index (χ1n) is 4.48. The maximum atomic E-state index is 11.2. The molecular weight excluding hydrogens is 168 g/mol.